The Labute approximate surface area is 158 Å². The van der Waals surface area contributed by atoms with Crippen LogP contribution in [0.25, 0.3) is 11.3 Å². The molecular formula is C21H22N4O2. The van der Waals surface area contributed by atoms with Crippen molar-refractivity contribution in [1.82, 2.24) is 9.97 Å². The first-order valence-corrected chi connectivity index (χ1v) is 8.99. The van der Waals surface area contributed by atoms with E-state index in [0.29, 0.717) is 5.95 Å². The van der Waals surface area contributed by atoms with E-state index in [1.165, 1.54) is 5.69 Å². The summed E-state index contributed by atoms with van der Waals surface area (Å²) in [6.45, 7) is 3.43. The van der Waals surface area contributed by atoms with Gasteiger partial charge < -0.3 is 19.7 Å². The van der Waals surface area contributed by atoms with Crippen LogP contribution in [0.5, 0.6) is 5.75 Å². The molecule has 2 heterocycles. The summed E-state index contributed by atoms with van der Waals surface area (Å²) in [6, 6.07) is 18.0. The molecule has 6 nitrogen and oxygen atoms in total. The van der Waals surface area contributed by atoms with Gasteiger partial charge in [0.2, 0.25) is 5.95 Å². The molecule has 2 aromatic carbocycles. The Morgan fingerprint density at radius 1 is 0.963 bits per heavy atom. The SMILES string of the molecule is COc1ccc(-c2ccnc(Nc3ccc(N4CCOCC4)cc3)n2)cc1. The third-order valence-electron chi connectivity index (χ3n) is 4.54. The van der Waals surface area contributed by atoms with Crippen LogP contribution in [0, 0.1) is 0 Å². The average Bonchev–Trinajstić information content (AvgIpc) is 2.75. The van der Waals surface area contributed by atoms with E-state index in [-0.39, 0.29) is 0 Å². The fourth-order valence-electron chi connectivity index (χ4n) is 3.05. The van der Waals surface area contributed by atoms with Crippen LogP contribution in [0.1, 0.15) is 0 Å². The lowest BCUT2D eigenvalue weighted by molar-refractivity contribution is 0.122. The van der Waals surface area contributed by atoms with Crippen molar-refractivity contribution in [2.75, 3.05) is 43.6 Å². The topological polar surface area (TPSA) is 59.5 Å². The molecule has 4 rings (SSSR count). The van der Waals surface area contributed by atoms with Crippen molar-refractivity contribution in [3.63, 3.8) is 0 Å². The molecule has 0 atom stereocenters. The van der Waals surface area contributed by atoms with Gasteiger partial charge in [0, 0.05) is 36.2 Å². The van der Waals surface area contributed by atoms with Gasteiger partial charge in [-0.05, 0) is 54.6 Å². The van der Waals surface area contributed by atoms with Crippen LogP contribution in [-0.4, -0.2) is 43.4 Å². The van der Waals surface area contributed by atoms with Gasteiger partial charge in [-0.3, -0.25) is 0 Å². The van der Waals surface area contributed by atoms with E-state index in [1.54, 1.807) is 13.3 Å². The van der Waals surface area contributed by atoms with Crippen LogP contribution in [-0.2, 0) is 4.74 Å². The molecule has 1 fully saturated rings. The van der Waals surface area contributed by atoms with Gasteiger partial charge >= 0.3 is 0 Å². The molecule has 0 amide bonds. The van der Waals surface area contributed by atoms with Crippen molar-refractivity contribution in [3.05, 3.63) is 60.8 Å². The molecule has 0 aliphatic carbocycles. The molecule has 0 spiro atoms. The maximum Gasteiger partial charge on any atom is 0.227 e. The molecular weight excluding hydrogens is 340 g/mol. The molecule has 0 unspecified atom stereocenters. The number of hydrogen-bond acceptors (Lipinski definition) is 6. The number of ether oxygens (including phenoxy) is 2. The summed E-state index contributed by atoms with van der Waals surface area (Å²) in [5.74, 6) is 1.40. The van der Waals surface area contributed by atoms with Crippen LogP contribution < -0.4 is 15.0 Å². The Morgan fingerprint density at radius 3 is 2.41 bits per heavy atom. The Morgan fingerprint density at radius 2 is 1.70 bits per heavy atom. The van der Waals surface area contributed by atoms with Crippen molar-refractivity contribution < 1.29 is 9.47 Å². The van der Waals surface area contributed by atoms with Gasteiger partial charge in [0.05, 0.1) is 26.0 Å². The number of morpholine rings is 1. The Balaban J connectivity index is 1.47. The lowest BCUT2D eigenvalue weighted by Gasteiger charge is -2.28. The molecule has 1 N–H and O–H groups in total. The van der Waals surface area contributed by atoms with Gasteiger partial charge in [-0.1, -0.05) is 0 Å². The zero-order valence-corrected chi connectivity index (χ0v) is 15.3. The molecule has 6 heteroatoms. The molecule has 0 saturated carbocycles. The van der Waals surface area contributed by atoms with Gasteiger partial charge in [0.1, 0.15) is 5.75 Å². The Bertz CT molecular complexity index is 875. The number of methoxy groups -OCH3 is 1. The predicted octanol–water partition coefficient (Wildman–Crippen LogP) is 3.73. The summed E-state index contributed by atoms with van der Waals surface area (Å²) in [7, 11) is 1.66. The highest BCUT2D eigenvalue weighted by Gasteiger charge is 2.11. The summed E-state index contributed by atoms with van der Waals surface area (Å²) in [5, 5.41) is 3.28. The van der Waals surface area contributed by atoms with Crippen molar-refractivity contribution in [2.24, 2.45) is 0 Å². The smallest absolute Gasteiger partial charge is 0.227 e. The highest BCUT2D eigenvalue weighted by molar-refractivity contribution is 5.64. The predicted molar refractivity (Wildman–Crippen MR) is 107 cm³/mol. The normalized spacial score (nSPS) is 14.0. The number of nitrogens with one attached hydrogen (secondary N) is 1. The summed E-state index contributed by atoms with van der Waals surface area (Å²) < 4.78 is 10.6. The van der Waals surface area contributed by atoms with Crippen LogP contribution in [0.15, 0.2) is 60.8 Å². The second-order valence-corrected chi connectivity index (χ2v) is 6.27. The van der Waals surface area contributed by atoms with Crippen molar-refractivity contribution >= 4 is 17.3 Å². The van der Waals surface area contributed by atoms with Crippen molar-refractivity contribution in [2.45, 2.75) is 0 Å². The minimum absolute atomic E-state index is 0.572. The summed E-state index contributed by atoms with van der Waals surface area (Å²) in [5.41, 5.74) is 4.04. The fourth-order valence-corrected chi connectivity index (χ4v) is 3.05. The second-order valence-electron chi connectivity index (χ2n) is 6.27. The molecule has 3 aromatic rings. The molecule has 0 bridgehead atoms. The highest BCUT2D eigenvalue weighted by atomic mass is 16.5. The molecule has 138 valence electrons. The first-order chi connectivity index (χ1) is 13.3. The van der Waals surface area contributed by atoms with Gasteiger partial charge in [-0.15, -0.1) is 0 Å². The molecule has 27 heavy (non-hydrogen) atoms. The summed E-state index contributed by atoms with van der Waals surface area (Å²) in [6.07, 6.45) is 1.76. The van der Waals surface area contributed by atoms with E-state index < -0.39 is 0 Å². The van der Waals surface area contributed by atoms with Crippen molar-refractivity contribution in [3.8, 4) is 17.0 Å². The van der Waals surface area contributed by atoms with Crippen LogP contribution in [0.4, 0.5) is 17.3 Å². The molecule has 0 radical (unpaired) electrons. The monoisotopic (exact) mass is 362 g/mol. The van der Waals surface area contributed by atoms with Crippen LogP contribution in [0.3, 0.4) is 0 Å². The molecule has 1 aliphatic heterocycles. The second kappa shape index (κ2) is 8.05. The maximum absolute atomic E-state index is 5.41. The van der Waals surface area contributed by atoms with E-state index in [4.69, 9.17) is 9.47 Å². The van der Waals surface area contributed by atoms with Gasteiger partial charge in [0.25, 0.3) is 0 Å². The summed E-state index contributed by atoms with van der Waals surface area (Å²) >= 11 is 0. The largest absolute Gasteiger partial charge is 0.497 e. The van der Waals surface area contributed by atoms with Crippen molar-refractivity contribution in [1.29, 1.82) is 0 Å². The van der Waals surface area contributed by atoms with E-state index in [9.17, 15) is 0 Å². The minimum atomic E-state index is 0.572. The molecule has 1 aliphatic rings. The van der Waals surface area contributed by atoms with Crippen LogP contribution in [0.2, 0.25) is 0 Å². The van der Waals surface area contributed by atoms with Crippen LogP contribution >= 0.6 is 0 Å². The maximum atomic E-state index is 5.41. The Hall–Kier alpha value is -3.12. The van der Waals surface area contributed by atoms with E-state index >= 15 is 0 Å². The molecule has 1 saturated heterocycles. The number of aromatic nitrogens is 2. The van der Waals surface area contributed by atoms with E-state index in [2.05, 4.69) is 32.3 Å². The van der Waals surface area contributed by atoms with Gasteiger partial charge in [0.15, 0.2) is 0 Å². The minimum Gasteiger partial charge on any atom is -0.497 e. The standard InChI is InChI=1S/C21H22N4O2/c1-26-19-8-2-16(3-9-19)20-10-11-22-21(24-20)23-17-4-6-18(7-5-17)25-12-14-27-15-13-25/h2-11H,12-15H2,1H3,(H,22,23,24). The molecule has 1 aromatic heterocycles. The summed E-state index contributed by atoms with van der Waals surface area (Å²) in [4.78, 5) is 11.3. The van der Waals surface area contributed by atoms with E-state index in [1.807, 2.05) is 42.5 Å². The Kier molecular flexibility index (Phi) is 5.16. The number of rotatable bonds is 5. The van der Waals surface area contributed by atoms with Gasteiger partial charge in [-0.25, -0.2) is 9.97 Å². The van der Waals surface area contributed by atoms with Gasteiger partial charge in [-0.2, -0.15) is 0 Å². The number of hydrogen-bond donors (Lipinski definition) is 1. The number of anilines is 3. The first-order valence-electron chi connectivity index (χ1n) is 8.99. The lowest BCUT2D eigenvalue weighted by Crippen LogP contribution is -2.36. The highest BCUT2D eigenvalue weighted by Crippen LogP contribution is 2.23. The quantitative estimate of drug-likeness (QED) is 0.746. The number of benzene rings is 2. The zero-order valence-electron chi connectivity index (χ0n) is 15.3. The average molecular weight is 362 g/mol. The zero-order chi connectivity index (χ0) is 18.5. The third-order valence-corrected chi connectivity index (χ3v) is 4.54. The first kappa shape index (κ1) is 17.3. The fraction of sp³-hybridized carbons (Fsp3) is 0.238. The lowest BCUT2D eigenvalue weighted by atomic mass is 10.1. The number of nitrogens with zero attached hydrogens (tertiary/aromatic N) is 3. The van der Waals surface area contributed by atoms with E-state index in [0.717, 1.165) is 49.0 Å². The third kappa shape index (κ3) is 4.17.